The lowest BCUT2D eigenvalue weighted by Crippen LogP contribution is -2.35. The molecule has 0 aromatic heterocycles. The highest BCUT2D eigenvalue weighted by Crippen LogP contribution is 2.08. The number of hydrogen-bond acceptors (Lipinski definition) is 5. The zero-order chi connectivity index (χ0) is 19.6. The van der Waals surface area contributed by atoms with Gasteiger partial charge in [-0.3, -0.25) is 4.79 Å². The molecule has 0 saturated heterocycles. The molecule has 0 radical (unpaired) electrons. The van der Waals surface area contributed by atoms with E-state index in [0.717, 1.165) is 25.7 Å². The molecule has 3 atom stereocenters. The van der Waals surface area contributed by atoms with E-state index in [0.29, 0.717) is 19.3 Å². The van der Waals surface area contributed by atoms with E-state index < -0.39 is 18.3 Å². The summed E-state index contributed by atoms with van der Waals surface area (Å²) in [6.07, 6.45) is 15.1. The van der Waals surface area contributed by atoms with Crippen LogP contribution >= 0.6 is 0 Å². The SMILES string of the molecule is CCCCC/C=C\C[C@@H](O)[C@@H](O)[C@@H](O)/C=C\C/C=C\CCCC(=O)OC. The highest BCUT2D eigenvalue weighted by molar-refractivity contribution is 5.69. The van der Waals surface area contributed by atoms with Crippen molar-refractivity contribution in [1.29, 1.82) is 0 Å². The van der Waals surface area contributed by atoms with Crippen LogP contribution in [0.5, 0.6) is 0 Å². The molecule has 0 amide bonds. The van der Waals surface area contributed by atoms with Crippen molar-refractivity contribution in [2.45, 2.75) is 83.0 Å². The van der Waals surface area contributed by atoms with Crippen LogP contribution in [0.2, 0.25) is 0 Å². The minimum atomic E-state index is -1.20. The fourth-order valence-electron chi connectivity index (χ4n) is 2.32. The molecule has 0 aliphatic rings. The number of carbonyl (C=O) groups excluding carboxylic acids is 1. The Balaban J connectivity index is 3.92. The molecule has 0 spiro atoms. The van der Waals surface area contributed by atoms with Crippen LogP contribution in [0, 0.1) is 0 Å². The molecular formula is C21H36O5. The number of aliphatic hydroxyl groups excluding tert-OH is 3. The van der Waals surface area contributed by atoms with Crippen LogP contribution in [0.1, 0.15) is 64.7 Å². The van der Waals surface area contributed by atoms with Crippen LogP contribution in [-0.2, 0) is 9.53 Å². The molecule has 26 heavy (non-hydrogen) atoms. The van der Waals surface area contributed by atoms with Gasteiger partial charge in [0.25, 0.3) is 0 Å². The van der Waals surface area contributed by atoms with Gasteiger partial charge in [0.2, 0.25) is 0 Å². The van der Waals surface area contributed by atoms with E-state index in [1.807, 2.05) is 24.3 Å². The van der Waals surface area contributed by atoms with Gasteiger partial charge in [-0.2, -0.15) is 0 Å². The molecule has 0 aromatic rings. The van der Waals surface area contributed by atoms with Gasteiger partial charge in [0, 0.05) is 6.42 Å². The van der Waals surface area contributed by atoms with E-state index in [4.69, 9.17) is 0 Å². The third-order valence-electron chi connectivity index (χ3n) is 4.01. The van der Waals surface area contributed by atoms with E-state index in [9.17, 15) is 20.1 Å². The van der Waals surface area contributed by atoms with Crippen LogP contribution in [0.3, 0.4) is 0 Å². The largest absolute Gasteiger partial charge is 0.469 e. The maximum atomic E-state index is 10.9. The van der Waals surface area contributed by atoms with Crippen LogP contribution in [-0.4, -0.2) is 46.7 Å². The summed E-state index contributed by atoms with van der Waals surface area (Å²) in [7, 11) is 1.38. The lowest BCUT2D eigenvalue weighted by atomic mass is 10.0. The minimum absolute atomic E-state index is 0.204. The van der Waals surface area contributed by atoms with Crippen molar-refractivity contribution in [3.63, 3.8) is 0 Å². The van der Waals surface area contributed by atoms with Crippen molar-refractivity contribution in [2.75, 3.05) is 7.11 Å². The average Bonchev–Trinajstić information content (AvgIpc) is 2.65. The van der Waals surface area contributed by atoms with Crippen molar-refractivity contribution in [2.24, 2.45) is 0 Å². The number of carbonyl (C=O) groups is 1. The van der Waals surface area contributed by atoms with E-state index >= 15 is 0 Å². The standard InChI is InChI=1S/C21H36O5/c1-3-4-5-6-9-12-15-18(22)21(25)19(23)16-13-10-7-8-11-14-17-20(24)26-2/h7-9,12-13,16,18-19,21-23,25H,3-6,10-11,14-15,17H2,1-2H3/b8-7-,12-9-,16-13-/t18-,19+,21-/m1/s1. The van der Waals surface area contributed by atoms with E-state index in [1.165, 1.54) is 26.0 Å². The van der Waals surface area contributed by atoms with Gasteiger partial charge in [0.1, 0.15) is 12.2 Å². The van der Waals surface area contributed by atoms with E-state index in [2.05, 4.69) is 11.7 Å². The molecule has 150 valence electrons. The first-order chi connectivity index (χ1) is 12.5. The predicted octanol–water partition coefficient (Wildman–Crippen LogP) is 3.44. The first-order valence-corrected chi connectivity index (χ1v) is 9.60. The van der Waals surface area contributed by atoms with Gasteiger partial charge in [-0.05, 0) is 38.5 Å². The molecule has 0 saturated carbocycles. The van der Waals surface area contributed by atoms with Crippen LogP contribution in [0.25, 0.3) is 0 Å². The van der Waals surface area contributed by atoms with Gasteiger partial charge in [-0.1, -0.05) is 56.2 Å². The molecule has 0 bridgehead atoms. The smallest absolute Gasteiger partial charge is 0.305 e. The lowest BCUT2D eigenvalue weighted by molar-refractivity contribution is -0.140. The minimum Gasteiger partial charge on any atom is -0.469 e. The topological polar surface area (TPSA) is 87.0 Å². The zero-order valence-corrected chi connectivity index (χ0v) is 16.2. The second-order valence-electron chi connectivity index (χ2n) is 6.36. The van der Waals surface area contributed by atoms with Crippen molar-refractivity contribution in [3.05, 3.63) is 36.5 Å². The highest BCUT2D eigenvalue weighted by Gasteiger charge is 2.21. The summed E-state index contributed by atoms with van der Waals surface area (Å²) in [4.78, 5) is 10.9. The van der Waals surface area contributed by atoms with Gasteiger partial charge in [0.15, 0.2) is 0 Å². The summed E-state index contributed by atoms with van der Waals surface area (Å²) in [5, 5.41) is 29.7. The Morgan fingerprint density at radius 1 is 0.962 bits per heavy atom. The van der Waals surface area contributed by atoms with Gasteiger partial charge in [0.05, 0.1) is 13.2 Å². The van der Waals surface area contributed by atoms with Crippen LogP contribution in [0.4, 0.5) is 0 Å². The number of methoxy groups -OCH3 is 1. The van der Waals surface area contributed by atoms with Gasteiger partial charge < -0.3 is 20.1 Å². The fraction of sp³-hybridized carbons (Fsp3) is 0.667. The van der Waals surface area contributed by atoms with Crippen molar-refractivity contribution in [3.8, 4) is 0 Å². The molecule has 0 aromatic carbocycles. The van der Waals surface area contributed by atoms with Crippen molar-refractivity contribution in [1.82, 2.24) is 0 Å². The molecule has 5 nitrogen and oxygen atoms in total. The fourth-order valence-corrected chi connectivity index (χ4v) is 2.32. The van der Waals surface area contributed by atoms with Gasteiger partial charge >= 0.3 is 5.97 Å². The number of allylic oxidation sites excluding steroid dienone is 4. The predicted molar refractivity (Wildman–Crippen MR) is 105 cm³/mol. The van der Waals surface area contributed by atoms with Crippen LogP contribution < -0.4 is 0 Å². The van der Waals surface area contributed by atoms with Gasteiger partial charge in [-0.15, -0.1) is 0 Å². The molecule has 5 heteroatoms. The number of aliphatic hydroxyl groups is 3. The highest BCUT2D eigenvalue weighted by atomic mass is 16.5. The van der Waals surface area contributed by atoms with Crippen molar-refractivity contribution < 1.29 is 24.9 Å². The Hall–Kier alpha value is -1.43. The Morgan fingerprint density at radius 2 is 1.65 bits per heavy atom. The Morgan fingerprint density at radius 3 is 2.35 bits per heavy atom. The molecule has 0 aliphatic carbocycles. The third kappa shape index (κ3) is 13.8. The van der Waals surface area contributed by atoms with Gasteiger partial charge in [-0.25, -0.2) is 0 Å². The maximum absolute atomic E-state index is 10.9. The average molecular weight is 369 g/mol. The number of unbranched alkanes of at least 4 members (excludes halogenated alkanes) is 4. The molecule has 0 fully saturated rings. The van der Waals surface area contributed by atoms with E-state index in [-0.39, 0.29) is 5.97 Å². The summed E-state index contributed by atoms with van der Waals surface area (Å²) in [5.41, 5.74) is 0. The number of esters is 1. The Kier molecular flexibility index (Phi) is 16.1. The quantitative estimate of drug-likeness (QED) is 0.234. The monoisotopic (exact) mass is 368 g/mol. The maximum Gasteiger partial charge on any atom is 0.305 e. The molecular weight excluding hydrogens is 332 g/mol. The molecule has 0 heterocycles. The summed E-state index contributed by atoms with van der Waals surface area (Å²) in [5.74, 6) is -0.204. The number of rotatable bonds is 15. The Labute approximate surface area is 158 Å². The molecule has 0 aliphatic heterocycles. The second-order valence-corrected chi connectivity index (χ2v) is 6.36. The third-order valence-corrected chi connectivity index (χ3v) is 4.01. The number of hydrogen-bond donors (Lipinski definition) is 3. The molecule has 3 N–H and O–H groups in total. The zero-order valence-electron chi connectivity index (χ0n) is 16.2. The second kappa shape index (κ2) is 17.0. The lowest BCUT2D eigenvalue weighted by Gasteiger charge is -2.19. The number of ether oxygens (including phenoxy) is 1. The Bertz CT molecular complexity index is 428. The first-order valence-electron chi connectivity index (χ1n) is 9.60. The first kappa shape index (κ1) is 24.6. The van der Waals surface area contributed by atoms with E-state index in [1.54, 1.807) is 6.08 Å². The molecule has 0 rings (SSSR count). The summed E-state index contributed by atoms with van der Waals surface area (Å²) in [6.45, 7) is 2.15. The summed E-state index contributed by atoms with van der Waals surface area (Å²) in [6, 6.07) is 0. The normalized spacial score (nSPS) is 15.7. The van der Waals surface area contributed by atoms with Crippen molar-refractivity contribution >= 4 is 5.97 Å². The summed E-state index contributed by atoms with van der Waals surface area (Å²) < 4.78 is 4.56. The summed E-state index contributed by atoms with van der Waals surface area (Å²) >= 11 is 0. The molecule has 0 unspecified atom stereocenters. The van der Waals surface area contributed by atoms with Crippen LogP contribution in [0.15, 0.2) is 36.5 Å².